The van der Waals surface area contributed by atoms with Crippen LogP contribution >= 0.6 is 11.8 Å². The molecule has 3 nitrogen and oxygen atoms in total. The average Bonchev–Trinajstić information content (AvgIpc) is 2.19. The zero-order valence-electron chi connectivity index (χ0n) is 7.58. The lowest BCUT2D eigenvalue weighted by Gasteiger charge is -2.26. The van der Waals surface area contributed by atoms with Gasteiger partial charge in [-0.15, -0.1) is 6.42 Å². The van der Waals surface area contributed by atoms with Crippen molar-refractivity contribution in [1.82, 2.24) is 10.2 Å². The Morgan fingerprint density at radius 3 is 2.85 bits per heavy atom. The smallest absolute Gasteiger partial charge is 0.236 e. The van der Waals surface area contributed by atoms with Gasteiger partial charge in [0.15, 0.2) is 0 Å². The van der Waals surface area contributed by atoms with Gasteiger partial charge in [0.2, 0.25) is 5.91 Å². The summed E-state index contributed by atoms with van der Waals surface area (Å²) in [5.41, 5.74) is 0. The van der Waals surface area contributed by atoms with E-state index in [1.807, 2.05) is 16.7 Å². The molecule has 0 unspecified atom stereocenters. The predicted octanol–water partition coefficient (Wildman–Crippen LogP) is -0.215. The highest BCUT2D eigenvalue weighted by Gasteiger charge is 2.15. The molecule has 0 aromatic rings. The van der Waals surface area contributed by atoms with Crippen LogP contribution in [-0.4, -0.2) is 48.5 Å². The molecule has 1 amide bonds. The third kappa shape index (κ3) is 3.71. The molecule has 1 aliphatic heterocycles. The van der Waals surface area contributed by atoms with Crippen molar-refractivity contribution in [1.29, 1.82) is 0 Å². The molecule has 0 spiro atoms. The number of carbonyl (C=O) groups excluding carboxylic acids is 1. The molecule has 0 bridgehead atoms. The second kappa shape index (κ2) is 5.90. The van der Waals surface area contributed by atoms with Gasteiger partial charge in [-0.25, -0.2) is 0 Å². The lowest BCUT2D eigenvalue weighted by atomic mass is 10.4. The summed E-state index contributed by atoms with van der Waals surface area (Å²) in [5.74, 6) is 4.72. The topological polar surface area (TPSA) is 32.3 Å². The fraction of sp³-hybridized carbons (Fsp3) is 0.667. The second-order valence-corrected chi connectivity index (χ2v) is 4.03. The highest BCUT2D eigenvalue weighted by atomic mass is 32.2. The zero-order valence-corrected chi connectivity index (χ0v) is 8.40. The van der Waals surface area contributed by atoms with Crippen LogP contribution in [-0.2, 0) is 4.79 Å². The number of nitrogens with zero attached hydrogens (tertiary/aromatic N) is 1. The normalized spacial score (nSPS) is 16.7. The minimum atomic E-state index is 0.163. The minimum absolute atomic E-state index is 0.163. The van der Waals surface area contributed by atoms with Crippen molar-refractivity contribution in [2.75, 3.05) is 37.7 Å². The second-order valence-electron chi connectivity index (χ2n) is 2.80. The number of nitrogens with one attached hydrogen (secondary N) is 1. The van der Waals surface area contributed by atoms with Gasteiger partial charge in [-0.05, 0) is 0 Å². The van der Waals surface area contributed by atoms with Crippen molar-refractivity contribution in [3.05, 3.63) is 0 Å². The Hall–Kier alpha value is -0.660. The maximum absolute atomic E-state index is 11.5. The number of rotatable bonds is 3. The lowest BCUT2D eigenvalue weighted by Crippen LogP contribution is -2.42. The standard InChI is InChI=1S/C9H14N2OS/c1-2-3-10-8-9(12)11-4-6-13-7-5-11/h1,10H,3-8H2. The number of thioether (sulfide) groups is 1. The molecule has 1 heterocycles. The summed E-state index contributed by atoms with van der Waals surface area (Å²) in [4.78, 5) is 13.3. The Morgan fingerprint density at radius 2 is 2.23 bits per heavy atom. The molecule has 13 heavy (non-hydrogen) atoms. The van der Waals surface area contributed by atoms with Gasteiger partial charge in [-0.3, -0.25) is 10.1 Å². The van der Waals surface area contributed by atoms with E-state index in [-0.39, 0.29) is 5.91 Å². The monoisotopic (exact) mass is 198 g/mol. The fourth-order valence-electron chi connectivity index (χ4n) is 1.17. The maximum atomic E-state index is 11.5. The third-order valence-corrected chi connectivity index (χ3v) is 2.81. The molecule has 0 saturated carbocycles. The van der Waals surface area contributed by atoms with Gasteiger partial charge in [0.25, 0.3) is 0 Å². The van der Waals surface area contributed by atoms with Crippen LogP contribution in [0.25, 0.3) is 0 Å². The van der Waals surface area contributed by atoms with E-state index < -0.39 is 0 Å². The lowest BCUT2D eigenvalue weighted by molar-refractivity contribution is -0.129. The van der Waals surface area contributed by atoms with E-state index in [2.05, 4.69) is 11.2 Å². The number of hydrogen-bond acceptors (Lipinski definition) is 3. The number of hydrogen-bond donors (Lipinski definition) is 1. The van der Waals surface area contributed by atoms with Gasteiger partial charge in [-0.2, -0.15) is 11.8 Å². The van der Waals surface area contributed by atoms with E-state index in [9.17, 15) is 4.79 Å². The summed E-state index contributed by atoms with van der Waals surface area (Å²) in [6, 6.07) is 0. The number of amides is 1. The summed E-state index contributed by atoms with van der Waals surface area (Å²) in [7, 11) is 0. The van der Waals surface area contributed by atoms with Crippen LogP contribution in [0.2, 0.25) is 0 Å². The minimum Gasteiger partial charge on any atom is -0.340 e. The van der Waals surface area contributed by atoms with E-state index in [0.29, 0.717) is 13.1 Å². The van der Waals surface area contributed by atoms with Crippen LogP contribution in [0.5, 0.6) is 0 Å². The molecule has 72 valence electrons. The van der Waals surface area contributed by atoms with E-state index in [1.165, 1.54) is 0 Å². The Balaban J connectivity index is 2.18. The van der Waals surface area contributed by atoms with Crippen molar-refractivity contribution in [2.24, 2.45) is 0 Å². The Morgan fingerprint density at radius 1 is 1.54 bits per heavy atom. The van der Waals surface area contributed by atoms with Gasteiger partial charge < -0.3 is 4.90 Å². The first-order valence-electron chi connectivity index (χ1n) is 4.34. The van der Waals surface area contributed by atoms with E-state index in [4.69, 9.17) is 6.42 Å². The van der Waals surface area contributed by atoms with E-state index in [1.54, 1.807) is 0 Å². The fourth-order valence-corrected chi connectivity index (χ4v) is 2.07. The summed E-state index contributed by atoms with van der Waals surface area (Å²) in [6.07, 6.45) is 5.05. The van der Waals surface area contributed by atoms with Crippen LogP contribution in [0.15, 0.2) is 0 Å². The Bertz CT molecular complexity index is 206. The molecule has 0 aliphatic carbocycles. The quantitative estimate of drug-likeness (QED) is 0.503. The first kappa shape index (κ1) is 10.4. The predicted molar refractivity (Wildman–Crippen MR) is 55.6 cm³/mol. The molecule has 1 rings (SSSR count). The van der Waals surface area contributed by atoms with Crippen LogP contribution < -0.4 is 5.32 Å². The highest BCUT2D eigenvalue weighted by molar-refractivity contribution is 7.99. The molecule has 0 atom stereocenters. The van der Waals surface area contributed by atoms with Crippen LogP contribution in [0.4, 0.5) is 0 Å². The third-order valence-electron chi connectivity index (χ3n) is 1.87. The maximum Gasteiger partial charge on any atom is 0.236 e. The van der Waals surface area contributed by atoms with Gasteiger partial charge >= 0.3 is 0 Å². The molecule has 1 fully saturated rings. The van der Waals surface area contributed by atoms with Crippen LogP contribution in [0.1, 0.15) is 0 Å². The molecule has 4 heteroatoms. The molecule has 0 aromatic carbocycles. The number of terminal acetylenes is 1. The van der Waals surface area contributed by atoms with Crippen molar-refractivity contribution < 1.29 is 4.79 Å². The van der Waals surface area contributed by atoms with Crippen molar-refractivity contribution >= 4 is 17.7 Å². The van der Waals surface area contributed by atoms with E-state index >= 15 is 0 Å². The largest absolute Gasteiger partial charge is 0.340 e. The first-order chi connectivity index (χ1) is 6.34. The summed E-state index contributed by atoms with van der Waals surface area (Å²) < 4.78 is 0. The van der Waals surface area contributed by atoms with Crippen molar-refractivity contribution in [3.63, 3.8) is 0 Å². The average molecular weight is 198 g/mol. The van der Waals surface area contributed by atoms with Gasteiger partial charge in [0, 0.05) is 24.6 Å². The molecule has 1 saturated heterocycles. The van der Waals surface area contributed by atoms with Gasteiger partial charge in [0.05, 0.1) is 13.1 Å². The molecule has 0 aromatic heterocycles. The van der Waals surface area contributed by atoms with E-state index in [0.717, 1.165) is 24.6 Å². The van der Waals surface area contributed by atoms with Crippen LogP contribution in [0.3, 0.4) is 0 Å². The molecular weight excluding hydrogens is 184 g/mol. The van der Waals surface area contributed by atoms with Crippen molar-refractivity contribution in [2.45, 2.75) is 0 Å². The van der Waals surface area contributed by atoms with Gasteiger partial charge in [0.1, 0.15) is 0 Å². The molecule has 0 radical (unpaired) electrons. The summed E-state index contributed by atoms with van der Waals surface area (Å²) >= 11 is 1.90. The Kier molecular flexibility index (Phi) is 4.73. The number of carbonyl (C=O) groups is 1. The SMILES string of the molecule is C#CCNCC(=O)N1CCSCC1. The Labute approximate surface area is 83.2 Å². The molecular formula is C9H14N2OS. The summed E-state index contributed by atoms with van der Waals surface area (Å²) in [5, 5.41) is 2.90. The zero-order chi connectivity index (χ0) is 9.52. The molecule has 1 N–H and O–H groups in total. The van der Waals surface area contributed by atoms with Crippen LogP contribution in [0, 0.1) is 12.3 Å². The summed E-state index contributed by atoms with van der Waals surface area (Å²) in [6.45, 7) is 2.59. The highest BCUT2D eigenvalue weighted by Crippen LogP contribution is 2.08. The molecule has 1 aliphatic rings. The van der Waals surface area contributed by atoms with Gasteiger partial charge in [-0.1, -0.05) is 5.92 Å². The first-order valence-corrected chi connectivity index (χ1v) is 5.50. The van der Waals surface area contributed by atoms with Crippen molar-refractivity contribution in [3.8, 4) is 12.3 Å².